The minimum Gasteiger partial charge on any atom is -0.482 e. The molecule has 0 aromatic rings. The summed E-state index contributed by atoms with van der Waals surface area (Å²) in [4.78, 5) is 11.0. The standard InChI is InChI=1S/C8H12O5/c1-4(10)6-2-5(11)8(12)7(3-9)13-6/h2,5,7-9,11-12H,3H2,1H3/t5-,7-,8-/m1/s1/i1D. The highest BCUT2D eigenvalue weighted by atomic mass is 16.5. The molecule has 1 heterocycles. The molecule has 3 atom stereocenters. The third-order valence-electron chi connectivity index (χ3n) is 1.79. The van der Waals surface area contributed by atoms with E-state index in [1.807, 2.05) is 0 Å². The van der Waals surface area contributed by atoms with E-state index in [-0.39, 0.29) is 5.76 Å². The largest absolute Gasteiger partial charge is 0.482 e. The molecular formula is C8H12O5. The highest BCUT2D eigenvalue weighted by Crippen LogP contribution is 2.18. The summed E-state index contributed by atoms with van der Waals surface area (Å²) in [6.07, 6.45) is -2.46. The topological polar surface area (TPSA) is 87.0 Å². The van der Waals surface area contributed by atoms with Crippen molar-refractivity contribution in [1.82, 2.24) is 0 Å². The molecule has 0 bridgehead atoms. The number of hydrogen-bond donors (Lipinski definition) is 3. The molecule has 13 heavy (non-hydrogen) atoms. The first kappa shape index (κ1) is 8.68. The first-order valence-electron chi connectivity index (χ1n) is 4.48. The number of Topliss-reactive ketones (excluding diaryl/α,β-unsaturated/α-hetero) is 1. The lowest BCUT2D eigenvalue weighted by Crippen LogP contribution is -2.44. The molecule has 0 amide bonds. The van der Waals surface area contributed by atoms with Crippen molar-refractivity contribution < 1.29 is 26.2 Å². The zero-order chi connectivity index (χ0) is 10.7. The van der Waals surface area contributed by atoms with Crippen LogP contribution in [0.4, 0.5) is 0 Å². The van der Waals surface area contributed by atoms with Crippen molar-refractivity contribution in [1.29, 1.82) is 0 Å². The van der Waals surface area contributed by atoms with Gasteiger partial charge in [-0.1, -0.05) is 0 Å². The smallest absolute Gasteiger partial charge is 0.194 e. The van der Waals surface area contributed by atoms with E-state index in [1.54, 1.807) is 0 Å². The van der Waals surface area contributed by atoms with Gasteiger partial charge in [0, 0.05) is 8.27 Å². The van der Waals surface area contributed by atoms with Gasteiger partial charge >= 0.3 is 0 Å². The second kappa shape index (κ2) is 3.87. The zero-order valence-electron chi connectivity index (χ0n) is 7.88. The molecule has 74 valence electrons. The van der Waals surface area contributed by atoms with Crippen molar-refractivity contribution in [3.05, 3.63) is 11.8 Å². The summed E-state index contributed by atoms with van der Waals surface area (Å²) in [6, 6.07) is 0. The van der Waals surface area contributed by atoms with Gasteiger partial charge in [-0.25, -0.2) is 0 Å². The molecule has 3 N–H and O–H groups in total. The van der Waals surface area contributed by atoms with Gasteiger partial charge in [0.2, 0.25) is 0 Å². The fraction of sp³-hybridized carbons (Fsp3) is 0.625. The van der Waals surface area contributed by atoms with Gasteiger partial charge in [-0.3, -0.25) is 4.79 Å². The van der Waals surface area contributed by atoms with E-state index in [9.17, 15) is 15.0 Å². The highest BCUT2D eigenvalue weighted by Gasteiger charge is 2.32. The summed E-state index contributed by atoms with van der Waals surface area (Å²) < 4.78 is 11.7. The molecule has 5 nitrogen and oxygen atoms in total. The second-order valence-electron chi connectivity index (χ2n) is 2.77. The number of aliphatic hydroxyl groups is 3. The predicted octanol–water partition coefficient (Wildman–Crippen LogP) is -1.43. The number of carbonyl (C=O) groups is 1. The first-order chi connectivity index (χ1) is 6.60. The maximum Gasteiger partial charge on any atom is 0.194 e. The molecule has 0 fully saturated rings. The summed E-state index contributed by atoms with van der Waals surface area (Å²) in [5.41, 5.74) is 0. The number of rotatable bonds is 2. The molecule has 0 aromatic heterocycles. The van der Waals surface area contributed by atoms with Crippen molar-refractivity contribution in [2.45, 2.75) is 25.2 Å². The van der Waals surface area contributed by atoms with E-state index in [1.165, 1.54) is 0 Å². The van der Waals surface area contributed by atoms with E-state index in [0.29, 0.717) is 0 Å². The Morgan fingerprint density at radius 1 is 1.77 bits per heavy atom. The number of allylic oxidation sites excluding steroid dienone is 1. The molecule has 0 unspecified atom stereocenters. The molecule has 1 aliphatic heterocycles. The van der Waals surface area contributed by atoms with E-state index < -0.39 is 37.6 Å². The maximum absolute atomic E-state index is 11.0. The van der Waals surface area contributed by atoms with E-state index in [0.717, 1.165) is 6.08 Å². The van der Waals surface area contributed by atoms with Crippen LogP contribution in [0.3, 0.4) is 0 Å². The van der Waals surface area contributed by atoms with Crippen molar-refractivity contribution in [2.24, 2.45) is 0 Å². The van der Waals surface area contributed by atoms with Crippen LogP contribution in [0.2, 0.25) is 0 Å². The van der Waals surface area contributed by atoms with Crippen LogP contribution in [-0.2, 0) is 9.53 Å². The number of hydrogen-bond acceptors (Lipinski definition) is 5. The van der Waals surface area contributed by atoms with Gasteiger partial charge in [0.05, 0.1) is 6.61 Å². The molecular weight excluding hydrogens is 176 g/mol. The molecule has 1 aliphatic rings. The Morgan fingerprint density at radius 3 is 3.00 bits per heavy atom. The number of carbonyl (C=O) groups excluding carboxylic acids is 1. The minimum absolute atomic E-state index is 0.170. The fourth-order valence-corrected chi connectivity index (χ4v) is 1.05. The van der Waals surface area contributed by atoms with Crippen molar-refractivity contribution in [3.8, 4) is 0 Å². The minimum atomic E-state index is -1.25. The molecule has 0 saturated heterocycles. The molecule has 1 rings (SSSR count). The number of aliphatic hydroxyl groups excluding tert-OH is 3. The third-order valence-corrected chi connectivity index (χ3v) is 1.79. The van der Waals surface area contributed by atoms with Crippen molar-refractivity contribution >= 4 is 5.78 Å². The van der Waals surface area contributed by atoms with Crippen molar-refractivity contribution in [2.75, 3.05) is 6.61 Å². The number of ketones is 1. The molecule has 0 spiro atoms. The fourth-order valence-electron chi connectivity index (χ4n) is 1.05. The molecule has 5 heteroatoms. The van der Waals surface area contributed by atoms with E-state index in [2.05, 4.69) is 0 Å². The van der Waals surface area contributed by atoms with Gasteiger partial charge in [0.15, 0.2) is 17.6 Å². The molecule has 0 aliphatic carbocycles. The lowest BCUT2D eigenvalue weighted by molar-refractivity contribution is -0.127. The van der Waals surface area contributed by atoms with E-state index in [4.69, 9.17) is 11.2 Å². The molecule has 0 radical (unpaired) electrons. The molecule has 0 saturated carbocycles. The Balaban J connectivity index is 2.80. The monoisotopic (exact) mass is 189 g/mol. The van der Waals surface area contributed by atoms with Crippen LogP contribution in [0.15, 0.2) is 11.8 Å². The highest BCUT2D eigenvalue weighted by molar-refractivity contribution is 5.91. The van der Waals surface area contributed by atoms with Crippen molar-refractivity contribution in [3.63, 3.8) is 0 Å². The third kappa shape index (κ3) is 2.06. The summed E-state index contributed by atoms with van der Waals surface area (Å²) >= 11 is 0. The van der Waals surface area contributed by atoms with Crippen LogP contribution in [0.25, 0.3) is 0 Å². The van der Waals surface area contributed by atoms with Gasteiger partial charge in [-0.2, -0.15) is 0 Å². The van der Waals surface area contributed by atoms with E-state index >= 15 is 0 Å². The summed E-state index contributed by atoms with van der Waals surface area (Å²) in [5.74, 6) is -0.758. The quantitative estimate of drug-likeness (QED) is 0.496. The van der Waals surface area contributed by atoms with Gasteiger partial charge in [-0.15, -0.1) is 0 Å². The SMILES string of the molecule is [2H]CC(=O)C1=C[C@@H](O)[C@@H](O)[C@@H](CO)O1. The average molecular weight is 189 g/mol. The number of ether oxygens (including phenoxy) is 1. The van der Waals surface area contributed by atoms with Gasteiger partial charge in [0.1, 0.15) is 12.2 Å². The normalized spacial score (nSPS) is 34.5. The summed E-state index contributed by atoms with van der Waals surface area (Å²) in [5, 5.41) is 27.3. The first-order valence-corrected chi connectivity index (χ1v) is 3.78. The zero-order valence-corrected chi connectivity index (χ0v) is 6.88. The van der Waals surface area contributed by atoms with Gasteiger partial charge in [0.25, 0.3) is 0 Å². The van der Waals surface area contributed by atoms with Crippen LogP contribution in [0, 0.1) is 0 Å². The lowest BCUT2D eigenvalue weighted by Gasteiger charge is -2.29. The Bertz CT molecular complexity index is 252. The van der Waals surface area contributed by atoms with Crippen LogP contribution < -0.4 is 0 Å². The Morgan fingerprint density at radius 2 is 2.46 bits per heavy atom. The average Bonchev–Trinajstić information content (AvgIpc) is 2.20. The lowest BCUT2D eigenvalue weighted by atomic mass is 10.0. The van der Waals surface area contributed by atoms with Gasteiger partial charge < -0.3 is 20.1 Å². The Hall–Kier alpha value is -0.910. The van der Waals surface area contributed by atoms with Crippen LogP contribution in [0.1, 0.15) is 8.27 Å². The van der Waals surface area contributed by atoms with Gasteiger partial charge in [-0.05, 0) is 6.08 Å². The van der Waals surface area contributed by atoms with Crippen LogP contribution >= 0.6 is 0 Å². The Labute approximate surface area is 76.7 Å². The predicted molar refractivity (Wildman–Crippen MR) is 42.7 cm³/mol. The second-order valence-corrected chi connectivity index (χ2v) is 2.77. The van der Waals surface area contributed by atoms with Crippen LogP contribution in [-0.4, -0.2) is 46.0 Å². The van der Waals surface area contributed by atoms with Crippen LogP contribution in [0.5, 0.6) is 0 Å². The molecule has 0 aromatic carbocycles. The summed E-state index contributed by atoms with van der Waals surface area (Å²) in [7, 11) is 0. The maximum atomic E-state index is 11.0. The summed E-state index contributed by atoms with van der Waals surface area (Å²) in [6.45, 7) is -0.992. The Kier molecular flexibility index (Phi) is 2.58.